The molecule has 0 amide bonds. The van der Waals surface area contributed by atoms with Crippen LogP contribution in [0.2, 0.25) is 0 Å². The van der Waals surface area contributed by atoms with Gasteiger partial charge in [-0.25, -0.2) is 0 Å². The highest BCUT2D eigenvalue weighted by Crippen LogP contribution is 2.33. The van der Waals surface area contributed by atoms with Crippen LogP contribution in [0.5, 0.6) is 17.2 Å². The maximum absolute atomic E-state index is 5.90. The molecule has 4 N–H and O–H groups in total. The van der Waals surface area contributed by atoms with Crippen molar-refractivity contribution in [2.75, 3.05) is 50.9 Å². The van der Waals surface area contributed by atoms with Crippen LogP contribution in [0, 0.1) is 0 Å². The molecule has 2 aromatic carbocycles. The van der Waals surface area contributed by atoms with Crippen molar-refractivity contribution < 1.29 is 14.2 Å². The Labute approximate surface area is 141 Å². The zero-order valence-electron chi connectivity index (χ0n) is 13.6. The summed E-state index contributed by atoms with van der Waals surface area (Å²) in [6.45, 7) is 4.95. The Morgan fingerprint density at radius 3 is 2.46 bits per heavy atom. The van der Waals surface area contributed by atoms with Gasteiger partial charge in [0, 0.05) is 25.7 Å². The van der Waals surface area contributed by atoms with Crippen LogP contribution in [0.15, 0.2) is 42.5 Å². The predicted molar refractivity (Wildman–Crippen MR) is 94.5 cm³/mol. The summed E-state index contributed by atoms with van der Waals surface area (Å²) in [5.41, 5.74) is 12.6. The summed E-state index contributed by atoms with van der Waals surface area (Å²) in [5.74, 6) is 2.00. The fourth-order valence-electron chi connectivity index (χ4n) is 2.51. The molecule has 0 radical (unpaired) electrons. The van der Waals surface area contributed by atoms with E-state index < -0.39 is 0 Å². The van der Waals surface area contributed by atoms with Crippen molar-refractivity contribution in [2.24, 2.45) is 0 Å². The van der Waals surface area contributed by atoms with E-state index in [2.05, 4.69) is 4.90 Å². The molecule has 6 nitrogen and oxygen atoms in total. The largest absolute Gasteiger partial charge is 0.488 e. The second-order valence-electron chi connectivity index (χ2n) is 5.64. The van der Waals surface area contributed by atoms with Gasteiger partial charge in [0.05, 0.1) is 24.6 Å². The molecule has 1 aliphatic rings. The Kier molecular flexibility index (Phi) is 5.40. The van der Waals surface area contributed by atoms with Crippen molar-refractivity contribution in [1.82, 2.24) is 4.90 Å². The van der Waals surface area contributed by atoms with E-state index in [4.69, 9.17) is 25.7 Å². The average Bonchev–Trinajstić information content (AvgIpc) is 2.61. The number of nitrogens with zero attached hydrogens (tertiary/aromatic N) is 1. The van der Waals surface area contributed by atoms with E-state index in [0.29, 0.717) is 35.2 Å². The van der Waals surface area contributed by atoms with Crippen LogP contribution in [0.25, 0.3) is 0 Å². The zero-order valence-corrected chi connectivity index (χ0v) is 13.6. The van der Waals surface area contributed by atoms with E-state index in [1.807, 2.05) is 24.3 Å². The van der Waals surface area contributed by atoms with E-state index in [9.17, 15) is 0 Å². The van der Waals surface area contributed by atoms with Crippen molar-refractivity contribution >= 4 is 11.4 Å². The molecule has 1 aliphatic heterocycles. The standard InChI is InChI=1S/C18H23N3O3/c19-15-6-5-14(13-16(15)20)24-18-4-2-1-3-17(18)23-12-9-21-7-10-22-11-8-21/h1-6,13H,7-12,19-20H2. The van der Waals surface area contributed by atoms with Gasteiger partial charge in [0.2, 0.25) is 0 Å². The molecule has 0 aromatic heterocycles. The van der Waals surface area contributed by atoms with Gasteiger partial charge in [0.1, 0.15) is 12.4 Å². The quantitative estimate of drug-likeness (QED) is 0.792. The molecular weight excluding hydrogens is 306 g/mol. The molecule has 128 valence electrons. The molecule has 6 heteroatoms. The van der Waals surface area contributed by atoms with E-state index in [-0.39, 0.29) is 0 Å². The maximum atomic E-state index is 5.90. The van der Waals surface area contributed by atoms with Crippen LogP contribution in [-0.2, 0) is 4.74 Å². The molecular formula is C18H23N3O3. The minimum atomic E-state index is 0.498. The fourth-order valence-corrected chi connectivity index (χ4v) is 2.51. The van der Waals surface area contributed by atoms with Crippen molar-refractivity contribution in [2.45, 2.75) is 0 Å². The molecule has 2 aromatic rings. The Bertz CT molecular complexity index is 672. The van der Waals surface area contributed by atoms with Crippen LogP contribution in [0.1, 0.15) is 0 Å². The van der Waals surface area contributed by atoms with E-state index in [1.54, 1.807) is 18.2 Å². The van der Waals surface area contributed by atoms with Crippen LogP contribution in [-0.4, -0.2) is 44.4 Å². The third-order valence-corrected chi connectivity index (χ3v) is 3.90. The van der Waals surface area contributed by atoms with Gasteiger partial charge in [-0.05, 0) is 24.3 Å². The molecule has 0 aliphatic carbocycles. The molecule has 1 saturated heterocycles. The van der Waals surface area contributed by atoms with Gasteiger partial charge in [-0.3, -0.25) is 4.90 Å². The third kappa shape index (κ3) is 4.31. The third-order valence-electron chi connectivity index (χ3n) is 3.90. The molecule has 1 heterocycles. The summed E-state index contributed by atoms with van der Waals surface area (Å²) < 4.78 is 17.1. The Hall–Kier alpha value is -2.44. The van der Waals surface area contributed by atoms with Crippen LogP contribution in [0.3, 0.4) is 0 Å². The number of hydrogen-bond donors (Lipinski definition) is 2. The van der Waals surface area contributed by atoms with Gasteiger partial charge in [0.25, 0.3) is 0 Å². The van der Waals surface area contributed by atoms with Gasteiger partial charge in [0.15, 0.2) is 11.5 Å². The normalized spacial score (nSPS) is 15.2. The SMILES string of the molecule is Nc1ccc(Oc2ccccc2OCCN2CCOCC2)cc1N. The zero-order chi connectivity index (χ0) is 16.8. The molecule has 1 fully saturated rings. The minimum absolute atomic E-state index is 0.498. The molecule has 3 rings (SSSR count). The van der Waals surface area contributed by atoms with E-state index in [1.165, 1.54) is 0 Å². The van der Waals surface area contributed by atoms with Crippen molar-refractivity contribution in [3.05, 3.63) is 42.5 Å². The summed E-state index contributed by atoms with van der Waals surface area (Å²) >= 11 is 0. The van der Waals surface area contributed by atoms with Crippen molar-refractivity contribution in [3.63, 3.8) is 0 Å². The number of nitrogens with two attached hydrogens (primary N) is 2. The molecule has 0 spiro atoms. The topological polar surface area (TPSA) is 83.0 Å². The monoisotopic (exact) mass is 329 g/mol. The Morgan fingerprint density at radius 1 is 0.958 bits per heavy atom. The highest BCUT2D eigenvalue weighted by molar-refractivity contribution is 5.65. The average molecular weight is 329 g/mol. The molecule has 0 unspecified atom stereocenters. The first kappa shape index (κ1) is 16.4. The number of para-hydroxylation sites is 2. The van der Waals surface area contributed by atoms with Crippen molar-refractivity contribution in [1.29, 1.82) is 0 Å². The number of nitrogen functional groups attached to an aromatic ring is 2. The smallest absolute Gasteiger partial charge is 0.169 e. The molecule has 0 atom stereocenters. The van der Waals surface area contributed by atoms with Crippen molar-refractivity contribution in [3.8, 4) is 17.2 Å². The minimum Gasteiger partial charge on any atom is -0.488 e. The lowest BCUT2D eigenvalue weighted by atomic mass is 10.2. The number of ether oxygens (including phenoxy) is 3. The lowest BCUT2D eigenvalue weighted by Gasteiger charge is -2.26. The number of hydrogen-bond acceptors (Lipinski definition) is 6. The van der Waals surface area contributed by atoms with Gasteiger partial charge >= 0.3 is 0 Å². The van der Waals surface area contributed by atoms with Gasteiger partial charge in [-0.1, -0.05) is 12.1 Å². The Balaban J connectivity index is 1.60. The van der Waals surface area contributed by atoms with Crippen LogP contribution in [0.4, 0.5) is 11.4 Å². The summed E-state index contributed by atoms with van der Waals surface area (Å²) in [4.78, 5) is 2.33. The molecule has 24 heavy (non-hydrogen) atoms. The second kappa shape index (κ2) is 7.90. The first-order chi connectivity index (χ1) is 11.7. The highest BCUT2D eigenvalue weighted by Gasteiger charge is 2.11. The summed E-state index contributed by atoms with van der Waals surface area (Å²) in [7, 11) is 0. The number of anilines is 2. The number of rotatable bonds is 6. The first-order valence-electron chi connectivity index (χ1n) is 8.07. The maximum Gasteiger partial charge on any atom is 0.169 e. The highest BCUT2D eigenvalue weighted by atomic mass is 16.5. The fraction of sp³-hybridized carbons (Fsp3) is 0.333. The van der Waals surface area contributed by atoms with Crippen LogP contribution < -0.4 is 20.9 Å². The number of morpholine rings is 1. The lowest BCUT2D eigenvalue weighted by Crippen LogP contribution is -2.38. The Morgan fingerprint density at radius 2 is 1.71 bits per heavy atom. The van der Waals surface area contributed by atoms with Gasteiger partial charge in [-0.2, -0.15) is 0 Å². The first-order valence-corrected chi connectivity index (χ1v) is 8.07. The summed E-state index contributed by atoms with van der Waals surface area (Å²) in [5, 5.41) is 0. The molecule has 0 bridgehead atoms. The summed E-state index contributed by atoms with van der Waals surface area (Å²) in [6, 6.07) is 12.8. The molecule has 0 saturated carbocycles. The summed E-state index contributed by atoms with van der Waals surface area (Å²) in [6.07, 6.45) is 0. The lowest BCUT2D eigenvalue weighted by molar-refractivity contribution is 0.0321. The van der Waals surface area contributed by atoms with Gasteiger partial charge in [-0.15, -0.1) is 0 Å². The van der Waals surface area contributed by atoms with E-state index >= 15 is 0 Å². The number of benzene rings is 2. The van der Waals surface area contributed by atoms with Crippen LogP contribution >= 0.6 is 0 Å². The predicted octanol–water partition coefficient (Wildman–Crippen LogP) is 2.35. The second-order valence-corrected chi connectivity index (χ2v) is 5.64. The van der Waals surface area contributed by atoms with E-state index in [0.717, 1.165) is 32.8 Å². The van der Waals surface area contributed by atoms with Gasteiger partial charge < -0.3 is 25.7 Å².